The third kappa shape index (κ3) is 2.29. The van der Waals surface area contributed by atoms with Gasteiger partial charge in [-0.05, 0) is 31.4 Å². The third-order valence-corrected chi connectivity index (χ3v) is 3.11. The third-order valence-electron chi connectivity index (χ3n) is 2.89. The van der Waals surface area contributed by atoms with Crippen molar-refractivity contribution in [1.29, 1.82) is 0 Å². The molecular weight excluding hydrogens is 204 g/mol. The number of nitrogens with one attached hydrogen (secondary N) is 1. The maximum absolute atomic E-state index is 5.71. The fraction of sp³-hybridized carbons (Fsp3) is 0.417. The van der Waals surface area contributed by atoms with Crippen LogP contribution in [0.2, 0.25) is 0 Å². The van der Waals surface area contributed by atoms with Gasteiger partial charge in [0.15, 0.2) is 0 Å². The minimum atomic E-state index is 0.467. The number of anilines is 1. The van der Waals surface area contributed by atoms with Crippen LogP contribution in [-0.4, -0.2) is 11.0 Å². The zero-order valence-electron chi connectivity index (χ0n) is 9.08. The highest BCUT2D eigenvalue weighted by molar-refractivity contribution is 7.80. The molecule has 0 spiro atoms. The second-order valence-corrected chi connectivity index (χ2v) is 4.82. The summed E-state index contributed by atoms with van der Waals surface area (Å²) in [7, 11) is 0. The van der Waals surface area contributed by atoms with Crippen LogP contribution in [0, 0.1) is 12.8 Å². The van der Waals surface area contributed by atoms with E-state index in [4.69, 9.17) is 18.0 Å². The van der Waals surface area contributed by atoms with Gasteiger partial charge in [-0.15, -0.1) is 0 Å². The number of benzene rings is 1. The van der Waals surface area contributed by atoms with Gasteiger partial charge in [0.25, 0.3) is 0 Å². The zero-order chi connectivity index (χ0) is 11.0. The molecule has 2 atom stereocenters. The summed E-state index contributed by atoms with van der Waals surface area (Å²) in [4.78, 5) is 0.467. The summed E-state index contributed by atoms with van der Waals surface area (Å²) in [6, 6.07) is 6.78. The number of hydrogen-bond donors (Lipinski definition) is 2. The highest BCUT2D eigenvalue weighted by atomic mass is 32.1. The fourth-order valence-electron chi connectivity index (χ4n) is 1.71. The molecule has 1 fully saturated rings. The molecule has 0 aromatic heterocycles. The van der Waals surface area contributed by atoms with Crippen LogP contribution in [0.5, 0.6) is 0 Å². The summed E-state index contributed by atoms with van der Waals surface area (Å²) in [5.74, 6) is 0.769. The van der Waals surface area contributed by atoms with Crippen molar-refractivity contribution in [1.82, 2.24) is 0 Å². The van der Waals surface area contributed by atoms with Gasteiger partial charge in [0, 0.05) is 17.3 Å². The standard InChI is InChI=1S/C12H16N2S/c1-7-3-4-10(9(5-7)12(13)15)14-11-6-8(11)2/h3-5,8,11,14H,6H2,1-2H3,(H2,13,15). The summed E-state index contributed by atoms with van der Waals surface area (Å²) >= 11 is 5.05. The van der Waals surface area contributed by atoms with E-state index in [1.807, 2.05) is 13.0 Å². The van der Waals surface area contributed by atoms with Crippen molar-refractivity contribution in [2.24, 2.45) is 11.7 Å². The zero-order valence-corrected chi connectivity index (χ0v) is 9.90. The van der Waals surface area contributed by atoms with E-state index >= 15 is 0 Å². The van der Waals surface area contributed by atoms with Crippen molar-refractivity contribution < 1.29 is 0 Å². The monoisotopic (exact) mass is 220 g/mol. The Morgan fingerprint density at radius 3 is 2.73 bits per heavy atom. The van der Waals surface area contributed by atoms with Crippen molar-refractivity contribution in [2.45, 2.75) is 26.3 Å². The lowest BCUT2D eigenvalue weighted by molar-refractivity contribution is 0.929. The van der Waals surface area contributed by atoms with Crippen molar-refractivity contribution >= 4 is 22.9 Å². The Morgan fingerprint density at radius 2 is 2.20 bits per heavy atom. The molecule has 2 rings (SSSR count). The van der Waals surface area contributed by atoms with Gasteiger partial charge >= 0.3 is 0 Å². The molecule has 2 nitrogen and oxygen atoms in total. The molecule has 3 heteroatoms. The molecule has 0 heterocycles. The van der Waals surface area contributed by atoms with Crippen molar-refractivity contribution in [3.05, 3.63) is 29.3 Å². The van der Waals surface area contributed by atoms with Crippen LogP contribution in [0.4, 0.5) is 5.69 Å². The van der Waals surface area contributed by atoms with E-state index in [9.17, 15) is 0 Å². The van der Waals surface area contributed by atoms with E-state index in [1.54, 1.807) is 0 Å². The largest absolute Gasteiger partial charge is 0.389 e. The van der Waals surface area contributed by atoms with Crippen LogP contribution in [-0.2, 0) is 0 Å². The summed E-state index contributed by atoms with van der Waals surface area (Å²) in [5.41, 5.74) is 8.93. The molecule has 1 aromatic rings. The Hall–Kier alpha value is -1.09. The lowest BCUT2D eigenvalue weighted by Gasteiger charge is -2.11. The number of hydrogen-bond acceptors (Lipinski definition) is 2. The van der Waals surface area contributed by atoms with E-state index in [-0.39, 0.29) is 0 Å². The molecule has 0 amide bonds. The van der Waals surface area contributed by atoms with Crippen LogP contribution in [0.1, 0.15) is 24.5 Å². The predicted molar refractivity (Wildman–Crippen MR) is 68.3 cm³/mol. The van der Waals surface area contributed by atoms with Crippen molar-refractivity contribution in [3.8, 4) is 0 Å². The average Bonchev–Trinajstić information content (AvgIpc) is 2.85. The molecule has 3 N–H and O–H groups in total. The van der Waals surface area contributed by atoms with Crippen LogP contribution in [0.3, 0.4) is 0 Å². The lowest BCUT2D eigenvalue weighted by Crippen LogP contribution is -2.14. The van der Waals surface area contributed by atoms with E-state index in [0.717, 1.165) is 17.2 Å². The molecule has 1 aromatic carbocycles. The van der Waals surface area contributed by atoms with Crippen LogP contribution in [0.15, 0.2) is 18.2 Å². The molecule has 0 radical (unpaired) electrons. The first kappa shape index (κ1) is 10.4. The van der Waals surface area contributed by atoms with Gasteiger partial charge < -0.3 is 11.1 Å². The number of rotatable bonds is 3. The SMILES string of the molecule is Cc1ccc(NC2CC2C)c(C(N)=S)c1. The minimum absolute atomic E-state index is 0.467. The highest BCUT2D eigenvalue weighted by Gasteiger charge is 2.32. The van der Waals surface area contributed by atoms with Crippen molar-refractivity contribution in [3.63, 3.8) is 0 Å². The van der Waals surface area contributed by atoms with Gasteiger partial charge in [0.05, 0.1) is 0 Å². The highest BCUT2D eigenvalue weighted by Crippen LogP contribution is 2.33. The molecule has 80 valence electrons. The molecule has 15 heavy (non-hydrogen) atoms. The van der Waals surface area contributed by atoms with E-state index in [0.29, 0.717) is 11.0 Å². The molecule has 1 saturated carbocycles. The molecule has 1 aliphatic rings. The first-order chi connectivity index (χ1) is 7.08. The average molecular weight is 220 g/mol. The van der Waals surface area contributed by atoms with Crippen LogP contribution in [0.25, 0.3) is 0 Å². The fourth-order valence-corrected chi connectivity index (χ4v) is 1.88. The van der Waals surface area contributed by atoms with Gasteiger partial charge in [-0.3, -0.25) is 0 Å². The lowest BCUT2D eigenvalue weighted by atomic mass is 10.1. The molecule has 0 bridgehead atoms. The topological polar surface area (TPSA) is 38.0 Å². The Labute approximate surface area is 95.9 Å². The van der Waals surface area contributed by atoms with Gasteiger partial charge in [0.2, 0.25) is 0 Å². The maximum atomic E-state index is 5.71. The summed E-state index contributed by atoms with van der Waals surface area (Å²) in [6.07, 6.45) is 1.24. The molecule has 0 aliphatic heterocycles. The smallest absolute Gasteiger partial charge is 0.106 e. The normalized spacial score (nSPS) is 23.6. The predicted octanol–water partition coefficient (Wildman–Crippen LogP) is 2.45. The van der Waals surface area contributed by atoms with Crippen molar-refractivity contribution in [2.75, 3.05) is 5.32 Å². The summed E-state index contributed by atoms with van der Waals surface area (Å²) < 4.78 is 0. The molecule has 2 unspecified atom stereocenters. The quantitative estimate of drug-likeness (QED) is 0.768. The Bertz CT molecular complexity index is 401. The Balaban J connectivity index is 2.25. The van der Waals surface area contributed by atoms with Gasteiger partial charge in [-0.1, -0.05) is 30.8 Å². The first-order valence-corrected chi connectivity index (χ1v) is 5.65. The number of aryl methyl sites for hydroxylation is 1. The minimum Gasteiger partial charge on any atom is -0.389 e. The molecular formula is C12H16N2S. The van der Waals surface area contributed by atoms with Gasteiger partial charge in [-0.2, -0.15) is 0 Å². The van der Waals surface area contributed by atoms with E-state index < -0.39 is 0 Å². The van der Waals surface area contributed by atoms with Crippen LogP contribution >= 0.6 is 12.2 Å². The maximum Gasteiger partial charge on any atom is 0.106 e. The number of thiocarbonyl (C=S) groups is 1. The second kappa shape index (κ2) is 3.81. The van der Waals surface area contributed by atoms with E-state index in [1.165, 1.54) is 12.0 Å². The molecule has 0 saturated heterocycles. The van der Waals surface area contributed by atoms with Gasteiger partial charge in [-0.25, -0.2) is 0 Å². The van der Waals surface area contributed by atoms with Crippen LogP contribution < -0.4 is 11.1 Å². The second-order valence-electron chi connectivity index (χ2n) is 4.38. The summed E-state index contributed by atoms with van der Waals surface area (Å²) in [6.45, 7) is 4.29. The van der Waals surface area contributed by atoms with E-state index in [2.05, 4.69) is 24.4 Å². The first-order valence-electron chi connectivity index (χ1n) is 5.25. The number of nitrogens with two attached hydrogens (primary N) is 1. The Kier molecular flexibility index (Phi) is 2.65. The van der Waals surface area contributed by atoms with Gasteiger partial charge in [0.1, 0.15) is 4.99 Å². The summed E-state index contributed by atoms with van der Waals surface area (Å²) in [5, 5.41) is 3.48. The Morgan fingerprint density at radius 1 is 1.53 bits per heavy atom. The molecule has 1 aliphatic carbocycles.